The predicted molar refractivity (Wildman–Crippen MR) is 115 cm³/mol. The average Bonchev–Trinajstić information content (AvgIpc) is 3.22. The minimum Gasteiger partial charge on any atom is -0.342 e. The molecular weight excluding hydrogens is 439 g/mol. The monoisotopic (exact) mass is 461 g/mol. The molecule has 0 spiro atoms. The van der Waals surface area contributed by atoms with Gasteiger partial charge in [-0.2, -0.15) is 13.2 Å². The highest BCUT2D eigenvalue weighted by Gasteiger charge is 2.31. The number of halogens is 3. The molecule has 3 heterocycles. The quantitative estimate of drug-likeness (QED) is 0.516. The summed E-state index contributed by atoms with van der Waals surface area (Å²) in [5.74, 6) is 1.13. The van der Waals surface area contributed by atoms with Crippen LogP contribution in [0.25, 0.3) is 17.1 Å². The Morgan fingerprint density at radius 3 is 2.53 bits per heavy atom. The van der Waals surface area contributed by atoms with Crippen molar-refractivity contribution in [1.82, 2.24) is 24.6 Å². The van der Waals surface area contributed by atoms with E-state index in [0.29, 0.717) is 22.5 Å². The molecule has 3 aromatic rings. The molecule has 32 heavy (non-hydrogen) atoms. The van der Waals surface area contributed by atoms with E-state index in [4.69, 9.17) is 0 Å². The van der Waals surface area contributed by atoms with Crippen molar-refractivity contribution in [3.05, 3.63) is 54.4 Å². The second kappa shape index (κ2) is 9.32. The van der Waals surface area contributed by atoms with E-state index in [1.807, 2.05) is 4.90 Å². The number of hydrogen-bond donors (Lipinski definition) is 0. The maximum atomic E-state index is 13.3. The SMILES string of the molecule is CC1CCN(C(=O)CSc2nnc(-c3ccncc3)n2-c2cccc(C(F)(F)F)c2)CC1. The molecule has 0 atom stereocenters. The van der Waals surface area contributed by atoms with E-state index in [1.165, 1.54) is 17.8 Å². The number of carbonyl (C=O) groups is 1. The number of carbonyl (C=O) groups excluding carboxylic acids is 1. The van der Waals surface area contributed by atoms with Gasteiger partial charge < -0.3 is 4.90 Å². The summed E-state index contributed by atoms with van der Waals surface area (Å²) in [6.45, 7) is 3.63. The topological polar surface area (TPSA) is 63.9 Å². The summed E-state index contributed by atoms with van der Waals surface area (Å²) < 4.78 is 41.5. The maximum absolute atomic E-state index is 13.3. The molecule has 168 valence electrons. The zero-order chi connectivity index (χ0) is 22.7. The molecule has 6 nitrogen and oxygen atoms in total. The number of amides is 1. The van der Waals surface area contributed by atoms with Crippen molar-refractivity contribution in [2.75, 3.05) is 18.8 Å². The summed E-state index contributed by atoms with van der Waals surface area (Å²) >= 11 is 1.17. The van der Waals surface area contributed by atoms with Gasteiger partial charge >= 0.3 is 6.18 Å². The number of pyridine rings is 1. The Morgan fingerprint density at radius 1 is 1.12 bits per heavy atom. The number of piperidine rings is 1. The van der Waals surface area contributed by atoms with Crippen molar-refractivity contribution in [2.45, 2.75) is 31.1 Å². The molecule has 1 saturated heterocycles. The van der Waals surface area contributed by atoms with E-state index in [0.717, 1.165) is 38.1 Å². The normalized spacial score (nSPS) is 15.2. The van der Waals surface area contributed by atoms with Gasteiger partial charge in [0, 0.05) is 31.0 Å². The van der Waals surface area contributed by atoms with Crippen molar-refractivity contribution in [1.29, 1.82) is 0 Å². The summed E-state index contributed by atoms with van der Waals surface area (Å²) in [4.78, 5) is 18.5. The van der Waals surface area contributed by atoms with Crippen LogP contribution in [0, 0.1) is 5.92 Å². The molecule has 1 aliphatic heterocycles. The Bertz CT molecular complexity index is 1080. The van der Waals surface area contributed by atoms with Crippen LogP contribution in [0.4, 0.5) is 13.2 Å². The first-order valence-corrected chi connectivity index (χ1v) is 11.3. The molecule has 1 amide bonds. The van der Waals surface area contributed by atoms with Crippen LogP contribution in [0.15, 0.2) is 53.9 Å². The summed E-state index contributed by atoms with van der Waals surface area (Å²) in [6.07, 6.45) is 0.629. The zero-order valence-corrected chi connectivity index (χ0v) is 18.2. The lowest BCUT2D eigenvalue weighted by atomic mass is 9.99. The highest BCUT2D eigenvalue weighted by molar-refractivity contribution is 7.99. The van der Waals surface area contributed by atoms with Crippen LogP contribution in [0.1, 0.15) is 25.3 Å². The Labute approximate surface area is 187 Å². The fourth-order valence-electron chi connectivity index (χ4n) is 3.58. The van der Waals surface area contributed by atoms with Crippen LogP contribution in [0.2, 0.25) is 0 Å². The van der Waals surface area contributed by atoms with Gasteiger partial charge in [-0.25, -0.2) is 0 Å². The van der Waals surface area contributed by atoms with Crippen molar-refractivity contribution in [3.63, 3.8) is 0 Å². The van der Waals surface area contributed by atoms with Crippen molar-refractivity contribution < 1.29 is 18.0 Å². The van der Waals surface area contributed by atoms with Crippen LogP contribution in [-0.2, 0) is 11.0 Å². The number of hydrogen-bond acceptors (Lipinski definition) is 5. The summed E-state index contributed by atoms with van der Waals surface area (Å²) in [6, 6.07) is 8.43. The average molecular weight is 462 g/mol. The summed E-state index contributed by atoms with van der Waals surface area (Å²) in [7, 11) is 0. The van der Waals surface area contributed by atoms with Gasteiger partial charge in [-0.05, 0) is 49.1 Å². The molecule has 0 bridgehead atoms. The lowest BCUT2D eigenvalue weighted by Crippen LogP contribution is -2.38. The number of aromatic nitrogens is 4. The molecule has 0 unspecified atom stereocenters. The second-order valence-corrected chi connectivity index (χ2v) is 8.72. The van der Waals surface area contributed by atoms with Crippen LogP contribution < -0.4 is 0 Å². The molecule has 0 N–H and O–H groups in total. The van der Waals surface area contributed by atoms with Gasteiger partial charge in [0.25, 0.3) is 0 Å². The molecule has 0 saturated carbocycles. The third-order valence-electron chi connectivity index (χ3n) is 5.46. The molecule has 2 aromatic heterocycles. The van der Waals surface area contributed by atoms with E-state index in [9.17, 15) is 18.0 Å². The van der Waals surface area contributed by atoms with Crippen LogP contribution in [0.5, 0.6) is 0 Å². The number of alkyl halides is 3. The smallest absolute Gasteiger partial charge is 0.342 e. The van der Waals surface area contributed by atoms with Gasteiger partial charge in [0.05, 0.1) is 17.0 Å². The molecular formula is C22H22F3N5OS. The van der Waals surface area contributed by atoms with E-state index >= 15 is 0 Å². The third-order valence-corrected chi connectivity index (χ3v) is 6.38. The molecule has 10 heteroatoms. The van der Waals surface area contributed by atoms with Gasteiger partial charge in [0.1, 0.15) is 0 Å². The molecule has 0 aliphatic carbocycles. The van der Waals surface area contributed by atoms with Crippen LogP contribution >= 0.6 is 11.8 Å². The van der Waals surface area contributed by atoms with Gasteiger partial charge in [0.2, 0.25) is 5.91 Å². The van der Waals surface area contributed by atoms with Gasteiger partial charge in [0.15, 0.2) is 11.0 Å². The van der Waals surface area contributed by atoms with E-state index in [-0.39, 0.29) is 17.3 Å². The largest absolute Gasteiger partial charge is 0.416 e. The first-order chi connectivity index (χ1) is 15.3. The van der Waals surface area contributed by atoms with Crippen LogP contribution in [0.3, 0.4) is 0 Å². The van der Waals surface area contributed by atoms with E-state index in [2.05, 4.69) is 22.1 Å². The number of likely N-dealkylation sites (tertiary alicyclic amines) is 1. The van der Waals surface area contributed by atoms with Gasteiger partial charge in [-0.3, -0.25) is 14.3 Å². The van der Waals surface area contributed by atoms with Gasteiger partial charge in [-0.15, -0.1) is 10.2 Å². The number of benzene rings is 1. The second-order valence-electron chi connectivity index (χ2n) is 7.78. The van der Waals surface area contributed by atoms with Crippen molar-refractivity contribution in [3.8, 4) is 17.1 Å². The lowest BCUT2D eigenvalue weighted by molar-refractivity contribution is -0.137. The third kappa shape index (κ3) is 4.95. The van der Waals surface area contributed by atoms with Crippen molar-refractivity contribution >= 4 is 17.7 Å². The highest BCUT2D eigenvalue weighted by atomic mass is 32.2. The number of nitrogens with zero attached hydrogens (tertiary/aromatic N) is 5. The van der Waals surface area contributed by atoms with E-state index < -0.39 is 11.7 Å². The molecule has 1 fully saturated rings. The Kier molecular flexibility index (Phi) is 6.50. The molecule has 0 radical (unpaired) electrons. The standard InChI is InChI=1S/C22H22F3N5OS/c1-15-7-11-29(12-8-15)19(31)14-32-21-28-27-20(16-5-9-26-10-6-16)30(21)18-4-2-3-17(13-18)22(23,24)25/h2-6,9-10,13,15H,7-8,11-12,14H2,1H3. The highest BCUT2D eigenvalue weighted by Crippen LogP contribution is 2.33. The van der Waals surface area contributed by atoms with Gasteiger partial charge in [-0.1, -0.05) is 24.8 Å². The minimum atomic E-state index is -4.48. The summed E-state index contributed by atoms with van der Waals surface area (Å²) in [5.41, 5.74) is 0.172. The molecule has 1 aromatic carbocycles. The minimum absolute atomic E-state index is 0.00838. The Balaban J connectivity index is 1.65. The zero-order valence-electron chi connectivity index (χ0n) is 17.4. The Morgan fingerprint density at radius 2 is 1.84 bits per heavy atom. The maximum Gasteiger partial charge on any atom is 0.416 e. The first-order valence-electron chi connectivity index (χ1n) is 10.3. The Hall–Kier alpha value is -2.88. The molecule has 1 aliphatic rings. The fraction of sp³-hybridized carbons (Fsp3) is 0.364. The van der Waals surface area contributed by atoms with E-state index in [1.54, 1.807) is 35.2 Å². The predicted octanol–water partition coefficient (Wildman–Crippen LogP) is 4.70. The molecule has 4 rings (SSSR count). The fourth-order valence-corrected chi connectivity index (χ4v) is 4.44. The summed E-state index contributed by atoms with van der Waals surface area (Å²) in [5, 5.41) is 8.76. The number of thioether (sulfide) groups is 1. The lowest BCUT2D eigenvalue weighted by Gasteiger charge is -2.30. The van der Waals surface area contributed by atoms with Crippen LogP contribution in [-0.4, -0.2) is 49.4 Å². The first kappa shape index (κ1) is 22.3. The number of rotatable bonds is 5. The van der Waals surface area contributed by atoms with Crippen molar-refractivity contribution in [2.24, 2.45) is 5.92 Å².